The van der Waals surface area contributed by atoms with E-state index >= 15 is 0 Å². The number of aromatic nitrogens is 4. The van der Waals surface area contributed by atoms with Crippen molar-refractivity contribution >= 4 is 37.0 Å². The van der Waals surface area contributed by atoms with Crippen LogP contribution in [0.3, 0.4) is 0 Å². The Morgan fingerprint density at radius 3 is 2.51 bits per heavy atom. The third-order valence-electron chi connectivity index (χ3n) is 6.53. The summed E-state index contributed by atoms with van der Waals surface area (Å²) in [5.74, 6) is -4.58. The highest BCUT2D eigenvalue weighted by Gasteiger charge is 2.51. The second kappa shape index (κ2) is 11.4. The number of methoxy groups -OCH3 is 1. The van der Waals surface area contributed by atoms with Crippen LogP contribution in [0.5, 0.6) is 0 Å². The van der Waals surface area contributed by atoms with Crippen molar-refractivity contribution in [2.45, 2.75) is 55.4 Å². The Kier molecular flexibility index (Phi) is 8.77. The number of sulfonamides is 1. The summed E-state index contributed by atoms with van der Waals surface area (Å²) < 4.78 is 69.4. The van der Waals surface area contributed by atoms with Gasteiger partial charge in [-0.05, 0) is 0 Å². The number of hydrogen-bond acceptors (Lipinski definition) is 17. The second-order valence-electron chi connectivity index (χ2n) is 9.62. The fraction of sp³-hybridized carbons (Fsp3) is 0.737. The maximum atomic E-state index is 12.6. The Labute approximate surface area is 231 Å². The van der Waals surface area contributed by atoms with Crippen LogP contribution < -0.4 is 16.0 Å². The molecule has 2 aromatic heterocycles. The van der Waals surface area contributed by atoms with Crippen LogP contribution >= 0.6 is 0 Å². The maximum absolute atomic E-state index is 12.6. The van der Waals surface area contributed by atoms with Gasteiger partial charge in [-0.25, -0.2) is 26.5 Å². The van der Waals surface area contributed by atoms with E-state index in [1.807, 2.05) is 4.72 Å². The first-order chi connectivity index (χ1) is 19.0. The molecule has 0 spiro atoms. The minimum absolute atomic E-state index is 0.105. The highest BCUT2D eigenvalue weighted by Crippen LogP contribution is 2.31. The number of nitrogens with two attached hydrogens (primary N) is 1. The second-order valence-corrected chi connectivity index (χ2v) is 13.9. The molecule has 2 saturated heterocycles. The zero-order valence-electron chi connectivity index (χ0n) is 21.3. The van der Waals surface area contributed by atoms with Gasteiger partial charge in [0.2, 0.25) is 21.8 Å². The van der Waals surface area contributed by atoms with Gasteiger partial charge < -0.3 is 50.6 Å². The van der Waals surface area contributed by atoms with E-state index in [1.54, 1.807) is 0 Å². The summed E-state index contributed by atoms with van der Waals surface area (Å²) in [6, 6.07) is 0. The highest BCUT2D eigenvalue weighted by molar-refractivity contribution is 8.07. The van der Waals surface area contributed by atoms with Crippen molar-refractivity contribution < 1.29 is 61.7 Å². The Morgan fingerprint density at radius 2 is 1.85 bits per heavy atom. The van der Waals surface area contributed by atoms with Crippen molar-refractivity contribution in [1.82, 2.24) is 23.8 Å². The molecule has 2 fully saturated rings. The van der Waals surface area contributed by atoms with Crippen LogP contribution in [0.15, 0.2) is 11.1 Å². The molecule has 0 radical (unpaired) electrons. The third kappa shape index (κ3) is 6.23. The van der Waals surface area contributed by atoms with E-state index in [4.69, 9.17) is 19.9 Å². The summed E-state index contributed by atoms with van der Waals surface area (Å²) in [4.78, 5) is 20.7. The molecule has 2 aliphatic rings. The fourth-order valence-electron chi connectivity index (χ4n) is 4.45. The van der Waals surface area contributed by atoms with Gasteiger partial charge in [0, 0.05) is 13.7 Å². The summed E-state index contributed by atoms with van der Waals surface area (Å²) in [6.45, 7) is -1.66. The molecular formula is C19H30N6O14S2. The number of fused-ring (bicyclic) bond motifs is 1. The van der Waals surface area contributed by atoms with Crippen molar-refractivity contribution in [2.24, 2.45) is 0 Å². The molecule has 22 heteroatoms. The SMILES string of the molecule is COCn1c(N)nc2c(ncn2[C@@H]2O[C@H](CNS(=O)(=O)CS(=O)(=O)C[C@@]3(O)OC[C@@H](O)[C@@H](O)[C@@H]3O)[C@@H](O)[C@H]2O)c1=O. The Hall–Kier alpha value is -2.35. The molecule has 9 N–H and O–H groups in total. The minimum atomic E-state index is -4.73. The van der Waals surface area contributed by atoms with E-state index in [0.29, 0.717) is 0 Å². The van der Waals surface area contributed by atoms with E-state index in [0.717, 1.165) is 15.5 Å². The lowest BCUT2D eigenvalue weighted by molar-refractivity contribution is -0.309. The summed E-state index contributed by atoms with van der Waals surface area (Å²) in [5, 5.41) is 58.9. The molecule has 0 amide bonds. The van der Waals surface area contributed by atoms with E-state index in [-0.39, 0.29) is 23.8 Å². The Balaban J connectivity index is 1.44. The van der Waals surface area contributed by atoms with Crippen molar-refractivity contribution in [1.29, 1.82) is 0 Å². The van der Waals surface area contributed by atoms with Crippen LogP contribution in [0.2, 0.25) is 0 Å². The zero-order valence-corrected chi connectivity index (χ0v) is 22.9. The molecule has 0 saturated carbocycles. The smallest absolute Gasteiger partial charge is 0.285 e. The maximum Gasteiger partial charge on any atom is 0.285 e. The number of anilines is 1. The summed E-state index contributed by atoms with van der Waals surface area (Å²) in [6.07, 6.45) is -10.9. The first-order valence-corrected chi connectivity index (χ1v) is 15.3. The van der Waals surface area contributed by atoms with Gasteiger partial charge in [-0.3, -0.25) is 13.9 Å². The van der Waals surface area contributed by atoms with E-state index in [9.17, 15) is 52.3 Å². The predicted octanol–water partition coefficient (Wildman–Crippen LogP) is -6.51. The Bertz CT molecular complexity index is 1550. The molecule has 41 heavy (non-hydrogen) atoms. The average Bonchev–Trinajstić information content (AvgIpc) is 3.41. The molecule has 0 bridgehead atoms. The predicted molar refractivity (Wildman–Crippen MR) is 134 cm³/mol. The van der Waals surface area contributed by atoms with Gasteiger partial charge >= 0.3 is 0 Å². The van der Waals surface area contributed by atoms with Gasteiger partial charge in [0.05, 0.1) is 12.9 Å². The third-order valence-corrected chi connectivity index (χ3v) is 10.7. The number of aliphatic hydroxyl groups is 6. The molecule has 0 aromatic carbocycles. The fourth-order valence-corrected chi connectivity index (χ4v) is 8.31. The molecule has 4 heterocycles. The van der Waals surface area contributed by atoms with Crippen LogP contribution in [0.4, 0.5) is 5.95 Å². The number of nitrogens with zero attached hydrogens (tertiary/aromatic N) is 4. The number of ether oxygens (including phenoxy) is 3. The van der Waals surface area contributed by atoms with Gasteiger partial charge in [-0.2, -0.15) is 4.98 Å². The lowest BCUT2D eigenvalue weighted by Gasteiger charge is -2.41. The van der Waals surface area contributed by atoms with Crippen LogP contribution in [0.1, 0.15) is 6.23 Å². The van der Waals surface area contributed by atoms with E-state index in [2.05, 4.69) is 9.97 Å². The van der Waals surface area contributed by atoms with Crippen molar-refractivity contribution in [2.75, 3.05) is 36.8 Å². The number of nitrogen functional groups attached to an aromatic ring is 1. The zero-order chi connectivity index (χ0) is 30.5. The number of imidazole rings is 1. The molecule has 2 aliphatic heterocycles. The lowest BCUT2D eigenvalue weighted by atomic mass is 9.98. The molecule has 0 aliphatic carbocycles. The number of hydrogen-bond donors (Lipinski definition) is 8. The number of nitrogens with one attached hydrogen (secondary N) is 1. The molecular weight excluding hydrogens is 600 g/mol. The number of aliphatic hydroxyl groups excluding tert-OH is 5. The summed E-state index contributed by atoms with van der Waals surface area (Å²) in [7, 11) is -8.09. The van der Waals surface area contributed by atoms with Crippen molar-refractivity contribution in [3.63, 3.8) is 0 Å². The molecule has 232 valence electrons. The quantitative estimate of drug-likeness (QED) is 0.121. The topological polar surface area (TPSA) is 308 Å². The van der Waals surface area contributed by atoms with Gasteiger partial charge in [0.1, 0.15) is 49.1 Å². The molecule has 4 rings (SSSR count). The van der Waals surface area contributed by atoms with Gasteiger partial charge in [-0.15, -0.1) is 0 Å². The Morgan fingerprint density at radius 1 is 1.17 bits per heavy atom. The number of rotatable bonds is 10. The van der Waals surface area contributed by atoms with Crippen LogP contribution in [-0.2, 0) is 40.8 Å². The van der Waals surface area contributed by atoms with E-state index < -0.39 is 98.0 Å². The highest BCUT2D eigenvalue weighted by atomic mass is 32.3. The minimum Gasteiger partial charge on any atom is -0.388 e. The molecule has 0 unspecified atom stereocenters. The van der Waals surface area contributed by atoms with Crippen LogP contribution in [0.25, 0.3) is 11.2 Å². The van der Waals surface area contributed by atoms with Gasteiger partial charge in [0.15, 0.2) is 32.3 Å². The van der Waals surface area contributed by atoms with E-state index in [1.165, 1.54) is 7.11 Å². The monoisotopic (exact) mass is 630 g/mol. The van der Waals surface area contributed by atoms with Crippen molar-refractivity contribution in [3.05, 3.63) is 16.7 Å². The normalized spacial score (nSPS) is 33.0. The first kappa shape index (κ1) is 31.6. The summed E-state index contributed by atoms with van der Waals surface area (Å²) >= 11 is 0. The number of sulfone groups is 1. The lowest BCUT2D eigenvalue weighted by Crippen LogP contribution is -2.63. The van der Waals surface area contributed by atoms with Crippen LogP contribution in [-0.4, -0.2) is 140 Å². The molecule has 8 atom stereocenters. The summed E-state index contributed by atoms with van der Waals surface area (Å²) in [5.41, 5.74) is 4.89. The van der Waals surface area contributed by atoms with Crippen LogP contribution in [0, 0.1) is 0 Å². The first-order valence-electron chi connectivity index (χ1n) is 11.8. The molecule has 20 nitrogen and oxygen atoms in total. The molecule has 2 aromatic rings. The van der Waals surface area contributed by atoms with Crippen molar-refractivity contribution in [3.8, 4) is 0 Å². The largest absolute Gasteiger partial charge is 0.388 e. The van der Waals surface area contributed by atoms with Gasteiger partial charge in [0.25, 0.3) is 5.56 Å². The standard InChI is InChI=1S/C19H30N6O14S2/c1-37-6-25-16(31)10-15(23-18(25)20)24(5-21-10)17-13(29)12(28)9(39-17)2-22-41(35,36)7-40(33,34)4-19(32)14(30)11(27)8(26)3-38-19/h5,8-9,11-14,17,22,26-30,32H,2-4,6-7H2,1H3,(H2,20,23)/t8-,9-,11-,12-,13-,14+,17-,19-/m1/s1. The van der Waals surface area contributed by atoms with Gasteiger partial charge in [-0.1, -0.05) is 0 Å². The average molecular weight is 631 g/mol.